The fourth-order valence-corrected chi connectivity index (χ4v) is 2.59. The molecule has 6 heteroatoms. The molecule has 0 spiro atoms. The molecule has 1 rings (SSSR count). The number of carbonyl (C=O) groups is 2. The van der Waals surface area contributed by atoms with Gasteiger partial charge in [0.1, 0.15) is 0 Å². The van der Waals surface area contributed by atoms with E-state index in [1.54, 1.807) is 4.90 Å². The van der Waals surface area contributed by atoms with Crippen LogP contribution in [0.3, 0.4) is 0 Å². The molecule has 1 aliphatic heterocycles. The number of likely N-dealkylation sites (tertiary alicyclic amines) is 1. The highest BCUT2D eigenvalue weighted by molar-refractivity contribution is 5.74. The van der Waals surface area contributed by atoms with Crippen molar-refractivity contribution < 1.29 is 19.4 Å². The van der Waals surface area contributed by atoms with Gasteiger partial charge in [-0.1, -0.05) is 0 Å². The predicted molar refractivity (Wildman–Crippen MR) is 80.3 cm³/mol. The van der Waals surface area contributed by atoms with E-state index in [-0.39, 0.29) is 18.1 Å². The second-order valence-corrected chi connectivity index (χ2v) is 6.21. The number of urea groups is 1. The van der Waals surface area contributed by atoms with Crippen molar-refractivity contribution >= 4 is 12.0 Å². The first-order valence-corrected chi connectivity index (χ1v) is 7.72. The van der Waals surface area contributed by atoms with E-state index < -0.39 is 5.97 Å². The van der Waals surface area contributed by atoms with Gasteiger partial charge in [0.05, 0.1) is 5.60 Å². The molecule has 2 N–H and O–H groups in total. The first kappa shape index (κ1) is 17.8. The zero-order chi connectivity index (χ0) is 15.9. The van der Waals surface area contributed by atoms with Crippen molar-refractivity contribution in [2.75, 3.05) is 26.2 Å². The second-order valence-electron chi connectivity index (χ2n) is 6.21. The number of rotatable bonds is 7. The Balaban J connectivity index is 2.27. The van der Waals surface area contributed by atoms with Crippen LogP contribution in [0.5, 0.6) is 0 Å². The third-order valence-corrected chi connectivity index (χ3v) is 3.87. The van der Waals surface area contributed by atoms with E-state index in [0.717, 1.165) is 12.8 Å². The molecule has 1 fully saturated rings. The molecule has 0 aromatic rings. The topological polar surface area (TPSA) is 78.9 Å². The van der Waals surface area contributed by atoms with Crippen LogP contribution in [0.4, 0.5) is 4.79 Å². The number of nitrogens with zero attached hydrogens (tertiary/aromatic N) is 1. The number of hydrogen-bond donors (Lipinski definition) is 2. The van der Waals surface area contributed by atoms with Crippen LogP contribution in [0.25, 0.3) is 0 Å². The Bertz CT molecular complexity index is 350. The summed E-state index contributed by atoms with van der Waals surface area (Å²) in [7, 11) is 0. The maximum Gasteiger partial charge on any atom is 0.317 e. The van der Waals surface area contributed by atoms with Gasteiger partial charge in [-0.25, -0.2) is 4.79 Å². The normalized spacial score (nSPS) is 16.8. The summed E-state index contributed by atoms with van der Waals surface area (Å²) in [6.07, 6.45) is 2.70. The predicted octanol–water partition coefficient (Wildman–Crippen LogP) is 2.09. The lowest BCUT2D eigenvalue weighted by atomic mass is 9.92. The molecule has 0 aliphatic carbocycles. The van der Waals surface area contributed by atoms with Crippen LogP contribution in [-0.2, 0) is 9.53 Å². The summed E-state index contributed by atoms with van der Waals surface area (Å²) >= 11 is 0. The fourth-order valence-electron chi connectivity index (χ4n) is 2.59. The van der Waals surface area contributed by atoms with Gasteiger partial charge < -0.3 is 20.1 Å². The van der Waals surface area contributed by atoms with Gasteiger partial charge in [0.2, 0.25) is 0 Å². The minimum atomic E-state index is -0.742. The average molecular weight is 300 g/mol. The first-order valence-electron chi connectivity index (χ1n) is 7.72. The highest BCUT2D eigenvalue weighted by Gasteiger charge is 2.25. The fraction of sp³-hybridized carbons (Fsp3) is 0.867. The van der Waals surface area contributed by atoms with Crippen molar-refractivity contribution in [1.82, 2.24) is 10.2 Å². The van der Waals surface area contributed by atoms with E-state index in [1.165, 1.54) is 0 Å². The quantitative estimate of drug-likeness (QED) is 0.754. The number of hydrogen-bond acceptors (Lipinski definition) is 3. The Morgan fingerprint density at radius 2 is 1.95 bits per heavy atom. The van der Waals surface area contributed by atoms with Crippen LogP contribution in [0.1, 0.15) is 46.5 Å². The maximum atomic E-state index is 12.1. The third kappa shape index (κ3) is 6.80. The molecule has 0 aromatic heterocycles. The van der Waals surface area contributed by atoms with Gasteiger partial charge in [0.25, 0.3) is 0 Å². The lowest BCUT2D eigenvalue weighted by Gasteiger charge is -2.33. The molecule has 0 radical (unpaired) electrons. The Morgan fingerprint density at radius 3 is 2.48 bits per heavy atom. The minimum Gasteiger partial charge on any atom is -0.481 e. The van der Waals surface area contributed by atoms with Gasteiger partial charge in [0, 0.05) is 32.7 Å². The minimum absolute atomic E-state index is 0.0561. The molecule has 0 atom stereocenters. The summed E-state index contributed by atoms with van der Waals surface area (Å²) in [6.45, 7) is 8.35. The average Bonchev–Trinajstić information content (AvgIpc) is 2.43. The number of carbonyl (C=O) groups excluding carboxylic acids is 1. The molecule has 6 nitrogen and oxygen atoms in total. The Labute approximate surface area is 126 Å². The third-order valence-electron chi connectivity index (χ3n) is 3.87. The highest BCUT2D eigenvalue weighted by Crippen LogP contribution is 2.21. The summed E-state index contributed by atoms with van der Waals surface area (Å²) in [4.78, 5) is 24.5. The lowest BCUT2D eigenvalue weighted by Crippen LogP contribution is -2.48. The Hall–Kier alpha value is -1.30. The molecule has 1 aliphatic rings. The van der Waals surface area contributed by atoms with E-state index in [1.807, 2.05) is 20.8 Å². The van der Waals surface area contributed by atoms with Gasteiger partial charge in [-0.3, -0.25) is 4.79 Å². The van der Waals surface area contributed by atoms with Crippen LogP contribution < -0.4 is 5.32 Å². The van der Waals surface area contributed by atoms with Crippen LogP contribution in [0.2, 0.25) is 0 Å². The number of ether oxygens (including phenoxy) is 1. The van der Waals surface area contributed by atoms with E-state index in [9.17, 15) is 9.59 Å². The number of amides is 2. The van der Waals surface area contributed by atoms with E-state index in [2.05, 4.69) is 5.32 Å². The summed E-state index contributed by atoms with van der Waals surface area (Å²) < 4.78 is 5.55. The number of nitrogens with one attached hydrogen (secondary N) is 1. The van der Waals surface area contributed by atoms with Gasteiger partial charge in [-0.05, 0) is 46.0 Å². The van der Waals surface area contributed by atoms with Crippen LogP contribution in [0, 0.1) is 5.92 Å². The van der Waals surface area contributed by atoms with Crippen molar-refractivity contribution in [1.29, 1.82) is 0 Å². The van der Waals surface area contributed by atoms with Crippen molar-refractivity contribution in [2.45, 2.75) is 52.1 Å². The Morgan fingerprint density at radius 1 is 1.33 bits per heavy atom. The van der Waals surface area contributed by atoms with Crippen LogP contribution in [0.15, 0.2) is 0 Å². The first-order chi connectivity index (χ1) is 9.84. The number of carboxylic acid groups (broad SMARTS) is 1. The zero-order valence-electron chi connectivity index (χ0n) is 13.4. The van der Waals surface area contributed by atoms with Crippen molar-refractivity contribution in [2.24, 2.45) is 5.92 Å². The monoisotopic (exact) mass is 300 g/mol. The second kappa shape index (κ2) is 8.22. The van der Waals surface area contributed by atoms with Crippen molar-refractivity contribution in [3.05, 3.63) is 0 Å². The molecule has 0 saturated carbocycles. The molecule has 0 unspecified atom stereocenters. The lowest BCUT2D eigenvalue weighted by molar-refractivity contribution is -0.137. The summed E-state index contributed by atoms with van der Waals surface area (Å²) in [6, 6.07) is -0.0561. The SMILES string of the molecule is CCOC(C)(C)CNC(=O)N1CCC(CCC(=O)O)CC1. The van der Waals surface area contributed by atoms with Gasteiger partial charge in [0.15, 0.2) is 0 Å². The summed E-state index contributed by atoms with van der Waals surface area (Å²) in [5, 5.41) is 11.6. The smallest absolute Gasteiger partial charge is 0.317 e. The van der Waals surface area contributed by atoms with Gasteiger partial charge >= 0.3 is 12.0 Å². The summed E-state index contributed by atoms with van der Waals surface area (Å²) in [5.74, 6) is -0.321. The molecule has 2 amide bonds. The Kier molecular flexibility index (Phi) is 6.95. The number of carboxylic acids is 1. The largest absolute Gasteiger partial charge is 0.481 e. The van der Waals surface area contributed by atoms with Crippen LogP contribution >= 0.6 is 0 Å². The number of aliphatic carboxylic acids is 1. The molecular formula is C15H28N2O4. The molecule has 0 aromatic carbocycles. The van der Waals surface area contributed by atoms with Gasteiger partial charge in [-0.15, -0.1) is 0 Å². The van der Waals surface area contributed by atoms with Gasteiger partial charge in [-0.2, -0.15) is 0 Å². The molecule has 122 valence electrons. The maximum absolute atomic E-state index is 12.1. The standard InChI is InChI=1S/C15H28N2O4/c1-4-21-15(2,3)11-16-14(20)17-9-7-12(8-10-17)5-6-13(18)19/h12H,4-11H2,1-3H3,(H,16,20)(H,18,19). The van der Waals surface area contributed by atoms with Crippen LogP contribution in [-0.4, -0.2) is 53.8 Å². The van der Waals surface area contributed by atoms with E-state index in [4.69, 9.17) is 9.84 Å². The molecule has 1 heterocycles. The molecule has 1 saturated heterocycles. The summed E-state index contributed by atoms with van der Waals surface area (Å²) in [5.41, 5.74) is -0.357. The molecule has 21 heavy (non-hydrogen) atoms. The van der Waals surface area contributed by atoms with Crippen molar-refractivity contribution in [3.8, 4) is 0 Å². The highest BCUT2D eigenvalue weighted by atomic mass is 16.5. The van der Waals surface area contributed by atoms with E-state index in [0.29, 0.717) is 38.6 Å². The number of piperidine rings is 1. The van der Waals surface area contributed by atoms with E-state index >= 15 is 0 Å². The zero-order valence-corrected chi connectivity index (χ0v) is 13.4. The molecular weight excluding hydrogens is 272 g/mol. The molecule has 0 bridgehead atoms. The van der Waals surface area contributed by atoms with Crippen molar-refractivity contribution in [3.63, 3.8) is 0 Å².